The van der Waals surface area contributed by atoms with Crippen LogP contribution in [0.3, 0.4) is 0 Å². The molecule has 19 heavy (non-hydrogen) atoms. The summed E-state index contributed by atoms with van der Waals surface area (Å²) in [5, 5.41) is 9.74. The Labute approximate surface area is 134 Å². The van der Waals surface area contributed by atoms with Gasteiger partial charge in [0.1, 0.15) is 0 Å². The summed E-state index contributed by atoms with van der Waals surface area (Å²) in [6.07, 6.45) is 12.8. The minimum atomic E-state index is 0.344. The van der Waals surface area contributed by atoms with Crippen molar-refractivity contribution in [2.75, 3.05) is 0 Å². The van der Waals surface area contributed by atoms with Crippen LogP contribution in [0.5, 0.6) is 0 Å². The summed E-state index contributed by atoms with van der Waals surface area (Å²) in [6.45, 7) is 2.22. The van der Waals surface area contributed by atoms with Crippen molar-refractivity contribution >= 4 is 37.0 Å². The van der Waals surface area contributed by atoms with Crippen LogP contribution >= 0.6 is 0 Å². The molecule has 0 amide bonds. The zero-order valence-corrected chi connectivity index (χ0v) is 14.1. The van der Waals surface area contributed by atoms with Crippen LogP contribution in [-0.2, 0) is 0 Å². The van der Waals surface area contributed by atoms with Gasteiger partial charge in [0, 0.05) is 0 Å². The zero-order valence-electron chi connectivity index (χ0n) is 12.1. The fraction of sp³-hybridized carbons (Fsp3) is 0.438. The number of aliphatic hydroxyl groups excluding tert-OH is 1. The number of hydrogen-bond donors (Lipinski definition) is 1. The Morgan fingerprint density at radius 1 is 1.26 bits per heavy atom. The van der Waals surface area contributed by atoms with Gasteiger partial charge in [-0.3, -0.25) is 0 Å². The van der Waals surface area contributed by atoms with E-state index in [1.165, 1.54) is 25.7 Å². The molecule has 98 valence electrons. The second-order valence-electron chi connectivity index (χ2n) is 4.87. The molecule has 1 heterocycles. The summed E-state index contributed by atoms with van der Waals surface area (Å²) >= 11 is 0.956. The molecule has 0 aliphatic heterocycles. The fourth-order valence-electron chi connectivity index (χ4n) is 1.89. The maximum absolute atomic E-state index is 9.74. The zero-order chi connectivity index (χ0) is 13.9. The molecule has 1 N–H and O–H groups in total. The minimum absolute atomic E-state index is 0.344. The van der Waals surface area contributed by atoms with E-state index in [2.05, 4.69) is 11.9 Å². The summed E-state index contributed by atoms with van der Waals surface area (Å²) in [7, 11) is 0. The molecule has 0 spiro atoms. The predicted molar refractivity (Wildman–Crippen MR) is 82.7 cm³/mol. The molecule has 0 saturated carbocycles. The monoisotopic (exact) mass is 267 g/mol. The van der Waals surface area contributed by atoms with Crippen LogP contribution in [0.2, 0.25) is 0 Å². The van der Waals surface area contributed by atoms with Crippen LogP contribution in [0.15, 0.2) is 36.1 Å². The first kappa shape index (κ1) is 16.5. The van der Waals surface area contributed by atoms with Gasteiger partial charge < -0.3 is 0 Å². The molecular weight excluding hydrogens is 245 g/mol. The third-order valence-corrected chi connectivity index (χ3v) is 3.55. The number of pyridine rings is 1. The van der Waals surface area contributed by atoms with E-state index in [0.29, 0.717) is 5.76 Å². The first-order valence-electron chi connectivity index (χ1n) is 7.23. The normalized spacial score (nSPS) is 12.3. The van der Waals surface area contributed by atoms with Gasteiger partial charge in [-0.05, 0) is 0 Å². The average molecular weight is 267 g/mol. The molecule has 3 heteroatoms. The number of nitrogens with zero attached hydrogens (tertiary/aromatic N) is 1. The first-order valence-corrected chi connectivity index (χ1v) is 8.23. The van der Waals surface area contributed by atoms with Gasteiger partial charge in [0.25, 0.3) is 0 Å². The maximum atomic E-state index is 9.74. The third kappa shape index (κ3) is 8.25. The molecule has 0 saturated heterocycles. The summed E-state index contributed by atoms with van der Waals surface area (Å²) < 4.78 is 1.13. The molecule has 0 aromatic carbocycles. The number of rotatable bonds is 8. The van der Waals surface area contributed by atoms with Gasteiger partial charge >= 0.3 is 121 Å². The molecule has 1 rings (SSSR count). The molecule has 0 atom stereocenters. The van der Waals surface area contributed by atoms with Crippen molar-refractivity contribution in [1.82, 2.24) is 4.98 Å². The van der Waals surface area contributed by atoms with Crippen molar-refractivity contribution in [3.63, 3.8) is 0 Å². The van der Waals surface area contributed by atoms with Crippen molar-refractivity contribution in [1.29, 1.82) is 0 Å². The molecule has 0 fully saturated rings. The van der Waals surface area contributed by atoms with Crippen LogP contribution in [0.1, 0.15) is 51.1 Å². The van der Waals surface area contributed by atoms with Gasteiger partial charge in [0.2, 0.25) is 0 Å². The Bertz CT molecular complexity index is 427. The predicted octanol–water partition coefficient (Wildman–Crippen LogP) is 3.69. The third-order valence-electron chi connectivity index (χ3n) is 3.00. The fourth-order valence-corrected chi connectivity index (χ4v) is 2.34. The van der Waals surface area contributed by atoms with E-state index in [1.807, 2.05) is 30.4 Å². The van der Waals surface area contributed by atoms with Crippen molar-refractivity contribution in [2.45, 2.75) is 45.4 Å². The van der Waals surface area contributed by atoms with Crippen LogP contribution in [0, 0.1) is 0 Å². The number of allylic oxidation sites excluding steroid dienone is 2. The van der Waals surface area contributed by atoms with E-state index in [9.17, 15) is 5.11 Å². The number of unbranched alkanes of at least 4 members (excludes halogenated alkanes) is 5. The van der Waals surface area contributed by atoms with Gasteiger partial charge in [0.15, 0.2) is 0 Å². The molecule has 2 nitrogen and oxygen atoms in total. The summed E-state index contributed by atoms with van der Waals surface area (Å²) in [6, 6.07) is 5.98. The van der Waals surface area contributed by atoms with Crippen LogP contribution in [-0.4, -0.2) is 38.0 Å². The van der Waals surface area contributed by atoms with E-state index in [4.69, 9.17) is 0 Å². The molecule has 0 aliphatic rings. The Hall–Kier alpha value is -0.570. The molecular formula is C16H22NNaO. The van der Waals surface area contributed by atoms with Gasteiger partial charge in [-0.15, -0.1) is 0 Å². The summed E-state index contributed by atoms with van der Waals surface area (Å²) in [5.41, 5.74) is 0.912. The molecule has 1 aromatic rings. The summed E-state index contributed by atoms with van der Waals surface area (Å²) in [4.78, 5) is 4.41. The van der Waals surface area contributed by atoms with E-state index < -0.39 is 0 Å². The van der Waals surface area contributed by atoms with Crippen molar-refractivity contribution in [2.24, 2.45) is 0 Å². The Morgan fingerprint density at radius 2 is 2.05 bits per heavy atom. The van der Waals surface area contributed by atoms with Gasteiger partial charge in [0.05, 0.1) is 0 Å². The summed E-state index contributed by atoms with van der Waals surface area (Å²) in [5.74, 6) is 0.344. The van der Waals surface area contributed by atoms with Crippen molar-refractivity contribution in [3.05, 3.63) is 41.8 Å². The van der Waals surface area contributed by atoms with E-state index in [1.54, 1.807) is 6.08 Å². The number of hydrogen-bond acceptors (Lipinski definition) is 2. The Morgan fingerprint density at radius 3 is 2.79 bits per heavy atom. The second-order valence-corrected chi connectivity index (χ2v) is 5.89. The topological polar surface area (TPSA) is 33.1 Å². The molecule has 0 radical (unpaired) electrons. The van der Waals surface area contributed by atoms with E-state index in [-0.39, 0.29) is 0 Å². The molecule has 0 aliphatic carbocycles. The van der Waals surface area contributed by atoms with Crippen LogP contribution < -0.4 is 2.94 Å². The second kappa shape index (κ2) is 10.2. The van der Waals surface area contributed by atoms with Crippen molar-refractivity contribution in [3.8, 4) is 0 Å². The Kier molecular flexibility index (Phi) is 8.89. The van der Waals surface area contributed by atoms with Gasteiger partial charge in [-0.2, -0.15) is 0 Å². The number of aromatic nitrogens is 1. The van der Waals surface area contributed by atoms with Crippen LogP contribution in [0.4, 0.5) is 0 Å². The average Bonchev–Trinajstić information content (AvgIpc) is 2.40. The Balaban J connectivity index is 2.31. The first-order chi connectivity index (χ1) is 9.22. The SMILES string of the molecule is CCCCCCCC=C(O)C=Cc1ccc[c]([Na])n1. The molecule has 0 bridgehead atoms. The van der Waals surface area contributed by atoms with E-state index in [0.717, 1.165) is 49.4 Å². The van der Waals surface area contributed by atoms with Gasteiger partial charge in [-0.1, -0.05) is 13.3 Å². The molecule has 0 unspecified atom stereocenters. The standard InChI is InChI=1S/C16H22NO.Na/c1-2-3-4-5-6-7-11-16(18)13-12-15-10-8-9-14-17-15;/h8-13,18H,2-7H2,1H3;. The number of aliphatic hydroxyl groups is 1. The quantitative estimate of drug-likeness (QED) is 0.337. The van der Waals surface area contributed by atoms with Crippen molar-refractivity contribution < 1.29 is 5.11 Å². The van der Waals surface area contributed by atoms with E-state index >= 15 is 0 Å². The van der Waals surface area contributed by atoms with Crippen LogP contribution in [0.25, 0.3) is 6.08 Å². The van der Waals surface area contributed by atoms with Gasteiger partial charge in [-0.25, -0.2) is 0 Å². The molecule has 1 aromatic heterocycles.